The Bertz CT molecular complexity index is 522. The average molecular weight is 438 g/mol. The van der Waals surface area contributed by atoms with Crippen LogP contribution in [-0.2, 0) is 11.2 Å². The number of halogens is 2. The zero-order valence-electron chi connectivity index (χ0n) is 14.9. The van der Waals surface area contributed by atoms with Gasteiger partial charge in [0.15, 0.2) is 0 Å². The monoisotopic (exact) mass is 437 g/mol. The van der Waals surface area contributed by atoms with Crippen molar-refractivity contribution < 1.29 is 4.79 Å². The topological polar surface area (TPSA) is 44.4 Å². The maximum atomic E-state index is 12.1. The summed E-state index contributed by atoms with van der Waals surface area (Å²) in [6, 6.07) is 8.65. The van der Waals surface area contributed by atoms with Crippen molar-refractivity contribution in [2.45, 2.75) is 18.9 Å². The standard InChI is InChI=1S/C18H27N3OS2.2ClH/c22-18(13-17-14-24-10-6-19-17)20-16-3-1-15(2-4-16)5-7-21-8-11-23-12-9-21;;/h1-4,17,19H,5-14H2,(H,20,22);2*1H. The second kappa shape index (κ2) is 13.1. The molecule has 26 heavy (non-hydrogen) atoms. The van der Waals surface area contributed by atoms with Gasteiger partial charge in [0.1, 0.15) is 0 Å². The van der Waals surface area contributed by atoms with Crippen LogP contribution in [0.4, 0.5) is 5.69 Å². The van der Waals surface area contributed by atoms with Gasteiger partial charge < -0.3 is 15.5 Å². The normalized spacial score (nSPS) is 20.5. The Morgan fingerprint density at radius 3 is 2.50 bits per heavy atom. The Morgan fingerprint density at radius 2 is 1.85 bits per heavy atom. The fraction of sp³-hybridized carbons (Fsp3) is 0.611. The van der Waals surface area contributed by atoms with E-state index in [1.54, 1.807) is 0 Å². The molecule has 1 unspecified atom stereocenters. The minimum atomic E-state index is 0. The predicted molar refractivity (Wildman–Crippen MR) is 121 cm³/mol. The molecule has 1 aromatic rings. The van der Waals surface area contributed by atoms with Gasteiger partial charge in [0.2, 0.25) is 5.91 Å². The number of anilines is 1. The molecule has 8 heteroatoms. The molecule has 2 saturated heterocycles. The lowest BCUT2D eigenvalue weighted by Gasteiger charge is -2.26. The zero-order chi connectivity index (χ0) is 16.6. The Balaban J connectivity index is 0.00000169. The van der Waals surface area contributed by atoms with Gasteiger partial charge in [-0.25, -0.2) is 0 Å². The third kappa shape index (κ3) is 8.28. The van der Waals surface area contributed by atoms with Crippen LogP contribution in [0.2, 0.25) is 0 Å². The van der Waals surface area contributed by atoms with Gasteiger partial charge in [-0.1, -0.05) is 12.1 Å². The number of nitrogens with one attached hydrogen (secondary N) is 2. The number of benzene rings is 1. The molecule has 2 fully saturated rings. The van der Waals surface area contributed by atoms with E-state index in [1.807, 2.05) is 23.9 Å². The van der Waals surface area contributed by atoms with E-state index in [-0.39, 0.29) is 30.7 Å². The van der Waals surface area contributed by atoms with E-state index >= 15 is 0 Å². The smallest absolute Gasteiger partial charge is 0.225 e. The number of thioether (sulfide) groups is 2. The molecule has 148 valence electrons. The summed E-state index contributed by atoms with van der Waals surface area (Å²) >= 11 is 3.98. The first-order valence-corrected chi connectivity index (χ1v) is 11.1. The zero-order valence-corrected chi connectivity index (χ0v) is 18.2. The summed E-state index contributed by atoms with van der Waals surface area (Å²) in [4.78, 5) is 14.7. The quantitative estimate of drug-likeness (QED) is 0.715. The molecule has 2 heterocycles. The number of hydrogen-bond acceptors (Lipinski definition) is 5. The third-order valence-corrected chi connectivity index (χ3v) is 6.56. The Kier molecular flexibility index (Phi) is 12.1. The van der Waals surface area contributed by atoms with Crippen LogP contribution in [0.3, 0.4) is 0 Å². The van der Waals surface area contributed by atoms with Crippen molar-refractivity contribution in [1.29, 1.82) is 0 Å². The van der Waals surface area contributed by atoms with E-state index < -0.39 is 0 Å². The van der Waals surface area contributed by atoms with E-state index in [4.69, 9.17) is 0 Å². The lowest BCUT2D eigenvalue weighted by atomic mass is 10.1. The van der Waals surface area contributed by atoms with Crippen LogP contribution in [0.25, 0.3) is 0 Å². The molecule has 2 aliphatic heterocycles. The summed E-state index contributed by atoms with van der Waals surface area (Å²) in [5.74, 6) is 4.81. The van der Waals surface area contributed by atoms with Crippen LogP contribution in [0.1, 0.15) is 12.0 Å². The SMILES string of the molecule is Cl.Cl.O=C(CC1CSCCN1)Nc1ccc(CCN2CCSCC2)cc1. The third-order valence-electron chi connectivity index (χ3n) is 4.49. The van der Waals surface area contributed by atoms with Crippen molar-refractivity contribution in [1.82, 2.24) is 10.2 Å². The minimum Gasteiger partial charge on any atom is -0.326 e. The van der Waals surface area contributed by atoms with Gasteiger partial charge in [0.05, 0.1) is 0 Å². The summed E-state index contributed by atoms with van der Waals surface area (Å²) in [6.45, 7) is 4.57. The van der Waals surface area contributed by atoms with Crippen molar-refractivity contribution in [3.8, 4) is 0 Å². The molecule has 0 aromatic heterocycles. The van der Waals surface area contributed by atoms with Crippen molar-refractivity contribution in [2.75, 3.05) is 54.5 Å². The maximum absolute atomic E-state index is 12.1. The molecule has 3 rings (SSSR count). The van der Waals surface area contributed by atoms with Crippen molar-refractivity contribution in [3.05, 3.63) is 29.8 Å². The average Bonchev–Trinajstić information content (AvgIpc) is 2.63. The van der Waals surface area contributed by atoms with Crippen LogP contribution >= 0.6 is 48.3 Å². The molecule has 4 nitrogen and oxygen atoms in total. The lowest BCUT2D eigenvalue weighted by molar-refractivity contribution is -0.116. The summed E-state index contributed by atoms with van der Waals surface area (Å²) in [6.07, 6.45) is 1.64. The first kappa shape index (κ1) is 23.9. The number of carbonyl (C=O) groups excluding carboxylic acids is 1. The predicted octanol–water partition coefficient (Wildman–Crippen LogP) is 3.16. The van der Waals surface area contributed by atoms with Gasteiger partial charge >= 0.3 is 0 Å². The summed E-state index contributed by atoms with van der Waals surface area (Å²) < 4.78 is 0. The van der Waals surface area contributed by atoms with Gasteiger partial charge in [-0.2, -0.15) is 23.5 Å². The lowest BCUT2D eigenvalue weighted by Crippen LogP contribution is -2.39. The molecule has 1 amide bonds. The largest absolute Gasteiger partial charge is 0.326 e. The first-order chi connectivity index (χ1) is 11.8. The molecular weight excluding hydrogens is 409 g/mol. The van der Waals surface area contributed by atoms with E-state index in [9.17, 15) is 4.79 Å². The number of rotatable bonds is 6. The Labute approximate surface area is 177 Å². The highest BCUT2D eigenvalue weighted by molar-refractivity contribution is 7.99. The van der Waals surface area contributed by atoms with Crippen molar-refractivity contribution >= 4 is 59.9 Å². The van der Waals surface area contributed by atoms with Crippen LogP contribution in [0.5, 0.6) is 0 Å². The Morgan fingerprint density at radius 1 is 1.12 bits per heavy atom. The summed E-state index contributed by atoms with van der Waals surface area (Å²) in [5, 5.41) is 6.43. The molecule has 0 spiro atoms. The maximum Gasteiger partial charge on any atom is 0.225 e. The van der Waals surface area contributed by atoms with Crippen LogP contribution < -0.4 is 10.6 Å². The fourth-order valence-electron chi connectivity index (χ4n) is 3.05. The molecule has 2 aliphatic rings. The highest BCUT2D eigenvalue weighted by Gasteiger charge is 2.16. The van der Waals surface area contributed by atoms with E-state index in [0.717, 1.165) is 36.7 Å². The van der Waals surface area contributed by atoms with Crippen LogP contribution in [0, 0.1) is 0 Å². The van der Waals surface area contributed by atoms with Gasteiger partial charge in [-0.15, -0.1) is 24.8 Å². The highest BCUT2D eigenvalue weighted by Crippen LogP contribution is 2.15. The molecule has 0 bridgehead atoms. The van der Waals surface area contributed by atoms with Crippen molar-refractivity contribution in [2.24, 2.45) is 0 Å². The summed E-state index contributed by atoms with van der Waals surface area (Å²) in [7, 11) is 0. The van der Waals surface area contributed by atoms with E-state index in [0.29, 0.717) is 12.5 Å². The summed E-state index contributed by atoms with van der Waals surface area (Å²) in [5.41, 5.74) is 2.25. The molecule has 1 atom stereocenters. The van der Waals surface area contributed by atoms with Gasteiger partial charge in [-0.3, -0.25) is 4.79 Å². The molecule has 1 aromatic carbocycles. The highest BCUT2D eigenvalue weighted by atomic mass is 35.5. The van der Waals surface area contributed by atoms with E-state index in [1.165, 1.54) is 30.2 Å². The molecule has 2 N–H and O–H groups in total. The molecule has 0 saturated carbocycles. The first-order valence-electron chi connectivity index (χ1n) is 8.79. The van der Waals surface area contributed by atoms with Gasteiger partial charge in [-0.05, 0) is 24.1 Å². The number of carbonyl (C=O) groups is 1. The number of amides is 1. The molecule has 0 radical (unpaired) electrons. The fourth-order valence-corrected chi connectivity index (χ4v) is 4.98. The van der Waals surface area contributed by atoms with Gasteiger partial charge in [0.25, 0.3) is 0 Å². The minimum absolute atomic E-state index is 0. The number of nitrogens with zero attached hydrogens (tertiary/aromatic N) is 1. The van der Waals surface area contributed by atoms with Crippen molar-refractivity contribution in [3.63, 3.8) is 0 Å². The second-order valence-electron chi connectivity index (χ2n) is 6.38. The van der Waals surface area contributed by atoms with Crippen LogP contribution in [-0.4, -0.2) is 66.0 Å². The van der Waals surface area contributed by atoms with E-state index in [2.05, 4.69) is 39.4 Å². The molecular formula is C18H29Cl2N3OS2. The van der Waals surface area contributed by atoms with Gasteiger partial charge in [0, 0.05) is 67.3 Å². The second-order valence-corrected chi connectivity index (χ2v) is 8.75. The molecule has 0 aliphatic carbocycles. The Hall–Kier alpha value is -0.110. The van der Waals surface area contributed by atoms with Crippen LogP contribution in [0.15, 0.2) is 24.3 Å². The number of hydrogen-bond donors (Lipinski definition) is 2.